The summed E-state index contributed by atoms with van der Waals surface area (Å²) in [5.74, 6) is 1.10. The summed E-state index contributed by atoms with van der Waals surface area (Å²) in [5, 5.41) is 0. The summed E-state index contributed by atoms with van der Waals surface area (Å²) < 4.78 is 2.29. The molecule has 0 saturated carbocycles. The van der Waals surface area contributed by atoms with Crippen LogP contribution in [0.3, 0.4) is 0 Å². The third kappa shape index (κ3) is 2.86. The lowest BCUT2D eigenvalue weighted by atomic mass is 10.2. The Kier molecular flexibility index (Phi) is 4.45. The summed E-state index contributed by atoms with van der Waals surface area (Å²) in [6.07, 6.45) is 0.974. The van der Waals surface area contributed by atoms with Crippen LogP contribution in [0.2, 0.25) is 0 Å². The Balaban J connectivity index is 2.56. The fraction of sp³-hybridized carbons (Fsp3) is 0.562. The van der Waals surface area contributed by atoms with Crippen molar-refractivity contribution in [3.63, 3.8) is 0 Å². The maximum absolute atomic E-state index is 6.17. The third-order valence-corrected chi connectivity index (χ3v) is 4.02. The summed E-state index contributed by atoms with van der Waals surface area (Å²) in [7, 11) is 4.17. The molecule has 0 saturated heterocycles. The minimum atomic E-state index is 0.168. The lowest BCUT2D eigenvalue weighted by molar-refractivity contribution is 0.299. The first-order valence-electron chi connectivity index (χ1n) is 7.32. The quantitative estimate of drug-likeness (QED) is 0.912. The van der Waals surface area contributed by atoms with Gasteiger partial charge in [0.2, 0.25) is 0 Å². The summed E-state index contributed by atoms with van der Waals surface area (Å²) in [6, 6.07) is 6.89. The SMILES string of the molecule is CCC(N)Cn1c(C(C)N(C)C)nc2cc(C)ccc21. The Morgan fingerprint density at radius 2 is 2.05 bits per heavy atom. The van der Waals surface area contributed by atoms with Gasteiger partial charge in [-0.2, -0.15) is 0 Å². The maximum Gasteiger partial charge on any atom is 0.127 e. The van der Waals surface area contributed by atoms with E-state index < -0.39 is 0 Å². The molecular formula is C16H26N4. The number of benzene rings is 1. The standard InChI is InChI=1S/C16H26N4/c1-6-13(17)10-20-15-8-7-11(2)9-14(15)18-16(20)12(3)19(4)5/h7-9,12-13H,6,10,17H2,1-5H3. The topological polar surface area (TPSA) is 47.1 Å². The number of imidazole rings is 1. The monoisotopic (exact) mass is 274 g/mol. The number of nitrogens with two attached hydrogens (primary N) is 1. The lowest BCUT2D eigenvalue weighted by Crippen LogP contribution is -2.28. The number of rotatable bonds is 5. The van der Waals surface area contributed by atoms with Gasteiger partial charge in [-0.05, 0) is 52.1 Å². The van der Waals surface area contributed by atoms with Crippen LogP contribution in [0.25, 0.3) is 11.0 Å². The zero-order chi connectivity index (χ0) is 14.9. The minimum absolute atomic E-state index is 0.168. The van der Waals surface area contributed by atoms with Crippen molar-refractivity contribution in [2.24, 2.45) is 5.73 Å². The van der Waals surface area contributed by atoms with Crippen molar-refractivity contribution in [1.29, 1.82) is 0 Å². The smallest absolute Gasteiger partial charge is 0.127 e. The first-order chi connectivity index (χ1) is 9.43. The highest BCUT2D eigenvalue weighted by atomic mass is 15.2. The van der Waals surface area contributed by atoms with Crippen LogP contribution in [0, 0.1) is 6.92 Å². The molecule has 20 heavy (non-hydrogen) atoms. The van der Waals surface area contributed by atoms with Crippen LogP contribution in [0.1, 0.15) is 37.7 Å². The van der Waals surface area contributed by atoms with Gasteiger partial charge in [0, 0.05) is 12.6 Å². The number of hydrogen-bond acceptors (Lipinski definition) is 3. The predicted molar refractivity (Wildman–Crippen MR) is 84.8 cm³/mol. The Morgan fingerprint density at radius 1 is 1.35 bits per heavy atom. The molecular weight excluding hydrogens is 248 g/mol. The highest BCUT2D eigenvalue weighted by Crippen LogP contribution is 2.24. The molecule has 0 bridgehead atoms. The molecule has 110 valence electrons. The predicted octanol–water partition coefficient (Wildman–Crippen LogP) is 2.70. The fourth-order valence-corrected chi connectivity index (χ4v) is 2.36. The Labute approximate surface area is 121 Å². The molecule has 2 aromatic rings. The lowest BCUT2D eigenvalue weighted by Gasteiger charge is -2.22. The van der Waals surface area contributed by atoms with E-state index in [4.69, 9.17) is 10.7 Å². The summed E-state index contributed by atoms with van der Waals surface area (Å²) in [6.45, 7) is 7.24. The van der Waals surface area contributed by atoms with Crippen LogP contribution in [-0.4, -0.2) is 34.6 Å². The van der Waals surface area contributed by atoms with E-state index in [-0.39, 0.29) is 12.1 Å². The van der Waals surface area contributed by atoms with Gasteiger partial charge in [0.15, 0.2) is 0 Å². The van der Waals surface area contributed by atoms with Gasteiger partial charge in [-0.1, -0.05) is 13.0 Å². The summed E-state index contributed by atoms with van der Waals surface area (Å²) in [5.41, 5.74) is 9.66. The van der Waals surface area contributed by atoms with Crippen LogP contribution in [-0.2, 0) is 6.54 Å². The first-order valence-corrected chi connectivity index (χ1v) is 7.32. The molecule has 0 aliphatic heterocycles. The van der Waals surface area contributed by atoms with Crippen LogP contribution < -0.4 is 5.73 Å². The van der Waals surface area contributed by atoms with Gasteiger partial charge < -0.3 is 10.3 Å². The van der Waals surface area contributed by atoms with Crippen molar-refractivity contribution < 1.29 is 0 Å². The first kappa shape index (κ1) is 15.0. The fourth-order valence-electron chi connectivity index (χ4n) is 2.36. The van der Waals surface area contributed by atoms with Gasteiger partial charge in [0.25, 0.3) is 0 Å². The molecule has 0 spiro atoms. The minimum Gasteiger partial charge on any atom is -0.326 e. The van der Waals surface area contributed by atoms with Crippen molar-refractivity contribution in [2.45, 2.75) is 45.8 Å². The van der Waals surface area contributed by atoms with Gasteiger partial charge in [-0.25, -0.2) is 4.98 Å². The largest absolute Gasteiger partial charge is 0.326 e. The Hall–Kier alpha value is -1.39. The molecule has 2 atom stereocenters. The van der Waals surface area contributed by atoms with Crippen LogP contribution >= 0.6 is 0 Å². The number of fused-ring (bicyclic) bond motifs is 1. The Bertz CT molecular complexity index is 585. The van der Waals surface area contributed by atoms with E-state index in [0.717, 1.165) is 24.3 Å². The number of nitrogens with zero attached hydrogens (tertiary/aromatic N) is 3. The highest BCUT2D eigenvalue weighted by molar-refractivity contribution is 5.77. The average molecular weight is 274 g/mol. The molecule has 0 aliphatic rings. The molecule has 2 N–H and O–H groups in total. The number of aryl methyl sites for hydroxylation is 1. The molecule has 0 fully saturated rings. The average Bonchev–Trinajstić information content (AvgIpc) is 2.75. The van der Waals surface area contributed by atoms with E-state index in [2.05, 4.69) is 62.5 Å². The molecule has 0 aliphatic carbocycles. The third-order valence-electron chi connectivity index (χ3n) is 4.02. The summed E-state index contributed by atoms with van der Waals surface area (Å²) in [4.78, 5) is 7.03. The number of hydrogen-bond donors (Lipinski definition) is 1. The van der Waals surface area contributed by atoms with E-state index in [1.165, 1.54) is 11.1 Å². The van der Waals surface area contributed by atoms with Crippen molar-refractivity contribution in [3.8, 4) is 0 Å². The summed E-state index contributed by atoms with van der Waals surface area (Å²) >= 11 is 0. The zero-order valence-corrected chi connectivity index (χ0v) is 13.2. The maximum atomic E-state index is 6.17. The Morgan fingerprint density at radius 3 is 2.65 bits per heavy atom. The van der Waals surface area contributed by atoms with Gasteiger partial charge >= 0.3 is 0 Å². The van der Waals surface area contributed by atoms with E-state index in [1.807, 2.05) is 0 Å². The molecule has 0 radical (unpaired) electrons. The van der Waals surface area contributed by atoms with Gasteiger partial charge in [0.05, 0.1) is 17.1 Å². The van der Waals surface area contributed by atoms with Gasteiger partial charge in [-0.15, -0.1) is 0 Å². The second-order valence-electron chi connectivity index (χ2n) is 5.88. The molecule has 4 heteroatoms. The van der Waals surface area contributed by atoms with Gasteiger partial charge in [0.1, 0.15) is 5.82 Å². The van der Waals surface area contributed by atoms with Crippen LogP contribution in [0.4, 0.5) is 0 Å². The zero-order valence-electron chi connectivity index (χ0n) is 13.2. The highest BCUT2D eigenvalue weighted by Gasteiger charge is 2.19. The van der Waals surface area contributed by atoms with Crippen molar-refractivity contribution >= 4 is 11.0 Å². The molecule has 2 unspecified atom stereocenters. The normalized spacial score (nSPS) is 14.9. The van der Waals surface area contributed by atoms with Crippen molar-refractivity contribution in [3.05, 3.63) is 29.6 Å². The van der Waals surface area contributed by atoms with E-state index in [9.17, 15) is 0 Å². The van der Waals surface area contributed by atoms with Crippen molar-refractivity contribution in [1.82, 2.24) is 14.5 Å². The van der Waals surface area contributed by atoms with Crippen LogP contribution in [0.5, 0.6) is 0 Å². The second-order valence-corrected chi connectivity index (χ2v) is 5.88. The molecule has 1 heterocycles. The second kappa shape index (κ2) is 5.94. The molecule has 1 aromatic carbocycles. The molecule has 1 aromatic heterocycles. The van der Waals surface area contributed by atoms with E-state index >= 15 is 0 Å². The van der Waals surface area contributed by atoms with E-state index in [1.54, 1.807) is 0 Å². The van der Waals surface area contributed by atoms with Crippen LogP contribution in [0.15, 0.2) is 18.2 Å². The van der Waals surface area contributed by atoms with Gasteiger partial charge in [-0.3, -0.25) is 4.90 Å². The molecule has 4 nitrogen and oxygen atoms in total. The number of aromatic nitrogens is 2. The molecule has 2 rings (SSSR count). The molecule has 0 amide bonds. The van der Waals surface area contributed by atoms with Crippen molar-refractivity contribution in [2.75, 3.05) is 14.1 Å². The van der Waals surface area contributed by atoms with E-state index in [0.29, 0.717) is 0 Å².